The molecule has 1 aliphatic heterocycles. The minimum atomic E-state index is -0.945. The number of carboxylic acid groups (broad SMARTS) is 1. The highest BCUT2D eigenvalue weighted by atomic mass is 16.5. The van der Waals surface area contributed by atoms with E-state index < -0.39 is 5.97 Å². The van der Waals surface area contributed by atoms with E-state index >= 15 is 0 Å². The summed E-state index contributed by atoms with van der Waals surface area (Å²) in [6.07, 6.45) is 1.80. The van der Waals surface area contributed by atoms with E-state index in [0.29, 0.717) is 5.56 Å². The molecule has 0 saturated carbocycles. The first-order valence-corrected chi connectivity index (χ1v) is 5.67. The van der Waals surface area contributed by atoms with Crippen LogP contribution in [0.4, 0.5) is 0 Å². The third-order valence-corrected chi connectivity index (χ3v) is 2.80. The molecule has 0 fully saturated rings. The number of ketones is 1. The molecule has 0 unspecified atom stereocenters. The molecule has 0 saturated heterocycles. The van der Waals surface area contributed by atoms with E-state index in [2.05, 4.69) is 0 Å². The Hall–Kier alpha value is -1.84. The first-order valence-electron chi connectivity index (χ1n) is 5.67. The Kier molecular flexibility index (Phi) is 3.42. The van der Waals surface area contributed by atoms with Gasteiger partial charge in [0.05, 0.1) is 13.0 Å². The molecule has 1 heterocycles. The quantitative estimate of drug-likeness (QED) is 0.810. The van der Waals surface area contributed by atoms with Gasteiger partial charge in [0.25, 0.3) is 0 Å². The van der Waals surface area contributed by atoms with Crippen LogP contribution in [0.2, 0.25) is 0 Å². The fourth-order valence-electron chi connectivity index (χ4n) is 1.90. The molecular weight excluding hydrogens is 220 g/mol. The van der Waals surface area contributed by atoms with E-state index in [1.54, 1.807) is 12.1 Å². The van der Waals surface area contributed by atoms with Crippen LogP contribution >= 0.6 is 0 Å². The lowest BCUT2D eigenvalue weighted by molar-refractivity contribution is -0.136. The lowest BCUT2D eigenvalue weighted by Crippen LogP contribution is -2.10. The number of aryl methyl sites for hydroxylation is 1. The summed E-state index contributed by atoms with van der Waals surface area (Å²) < 4.78 is 5.45. The van der Waals surface area contributed by atoms with Gasteiger partial charge in [0.2, 0.25) is 0 Å². The van der Waals surface area contributed by atoms with Gasteiger partial charge in [-0.25, -0.2) is 0 Å². The third kappa shape index (κ3) is 2.84. The van der Waals surface area contributed by atoms with Crippen molar-refractivity contribution in [1.82, 2.24) is 0 Å². The number of carbonyl (C=O) groups excluding carboxylic acids is 1. The van der Waals surface area contributed by atoms with Crippen LogP contribution in [-0.4, -0.2) is 23.5 Å². The largest absolute Gasteiger partial charge is 0.493 e. The van der Waals surface area contributed by atoms with Crippen LogP contribution in [0, 0.1) is 0 Å². The monoisotopic (exact) mass is 234 g/mol. The van der Waals surface area contributed by atoms with Gasteiger partial charge in [0.1, 0.15) is 5.75 Å². The van der Waals surface area contributed by atoms with E-state index in [4.69, 9.17) is 9.84 Å². The van der Waals surface area contributed by atoms with Crippen LogP contribution in [-0.2, 0) is 11.2 Å². The second kappa shape index (κ2) is 4.99. The van der Waals surface area contributed by atoms with Crippen molar-refractivity contribution in [2.24, 2.45) is 0 Å². The molecule has 0 bridgehead atoms. The molecular formula is C13H14O4. The number of hydrogen-bond donors (Lipinski definition) is 1. The highest BCUT2D eigenvalue weighted by Gasteiger charge is 2.14. The number of carboxylic acids is 1. The number of hydrogen-bond acceptors (Lipinski definition) is 3. The molecule has 0 amide bonds. The van der Waals surface area contributed by atoms with Crippen molar-refractivity contribution in [3.05, 3.63) is 29.3 Å². The number of Topliss-reactive ketones (excluding diaryl/α,β-unsaturated/α-hetero) is 1. The molecule has 1 aliphatic rings. The van der Waals surface area contributed by atoms with Crippen LogP contribution in [0.3, 0.4) is 0 Å². The van der Waals surface area contributed by atoms with E-state index in [1.807, 2.05) is 6.07 Å². The fourth-order valence-corrected chi connectivity index (χ4v) is 1.90. The van der Waals surface area contributed by atoms with Gasteiger partial charge < -0.3 is 9.84 Å². The topological polar surface area (TPSA) is 63.6 Å². The molecule has 4 nitrogen and oxygen atoms in total. The summed E-state index contributed by atoms with van der Waals surface area (Å²) in [5.41, 5.74) is 1.62. The standard InChI is InChI=1S/C13H14O4/c14-11(4-6-13(15)16)9-3-5-12-10(8-9)2-1-7-17-12/h3,5,8H,1-2,4,6-7H2,(H,15,16). The van der Waals surface area contributed by atoms with E-state index in [-0.39, 0.29) is 18.6 Å². The normalized spacial score (nSPS) is 13.6. The third-order valence-electron chi connectivity index (χ3n) is 2.80. The smallest absolute Gasteiger partial charge is 0.303 e. The Bertz CT molecular complexity index is 451. The molecule has 1 N–H and O–H groups in total. The Morgan fingerprint density at radius 2 is 2.12 bits per heavy atom. The molecule has 2 rings (SSSR count). The number of aliphatic carboxylic acids is 1. The van der Waals surface area contributed by atoms with E-state index in [0.717, 1.165) is 30.8 Å². The van der Waals surface area contributed by atoms with Gasteiger partial charge in [-0.1, -0.05) is 0 Å². The molecule has 0 radical (unpaired) electrons. The van der Waals surface area contributed by atoms with Gasteiger partial charge >= 0.3 is 5.97 Å². The van der Waals surface area contributed by atoms with E-state index in [1.165, 1.54) is 0 Å². The first kappa shape index (κ1) is 11.6. The minimum absolute atomic E-state index is 0.0506. The van der Waals surface area contributed by atoms with Crippen LogP contribution in [0.25, 0.3) is 0 Å². The van der Waals surface area contributed by atoms with Crippen LogP contribution in [0.15, 0.2) is 18.2 Å². The zero-order valence-electron chi connectivity index (χ0n) is 9.44. The average Bonchev–Trinajstić information content (AvgIpc) is 2.35. The van der Waals surface area contributed by atoms with Crippen molar-refractivity contribution < 1.29 is 19.4 Å². The summed E-state index contributed by atoms with van der Waals surface area (Å²) in [4.78, 5) is 22.1. The van der Waals surface area contributed by atoms with Crippen LogP contribution < -0.4 is 4.74 Å². The highest BCUT2D eigenvalue weighted by molar-refractivity contribution is 5.97. The van der Waals surface area contributed by atoms with Gasteiger partial charge in [-0.05, 0) is 36.6 Å². The van der Waals surface area contributed by atoms with Gasteiger partial charge in [-0.3, -0.25) is 9.59 Å². The molecule has 90 valence electrons. The van der Waals surface area contributed by atoms with Crippen LogP contribution in [0.5, 0.6) is 5.75 Å². The lowest BCUT2D eigenvalue weighted by atomic mass is 9.99. The summed E-state index contributed by atoms with van der Waals surface area (Å²) in [5, 5.41) is 8.53. The number of rotatable bonds is 4. The average molecular weight is 234 g/mol. The van der Waals surface area contributed by atoms with Crippen molar-refractivity contribution in [3.63, 3.8) is 0 Å². The number of ether oxygens (including phenoxy) is 1. The summed E-state index contributed by atoms with van der Waals surface area (Å²) >= 11 is 0. The zero-order chi connectivity index (χ0) is 12.3. The second-order valence-corrected chi connectivity index (χ2v) is 4.09. The van der Waals surface area contributed by atoms with Crippen molar-refractivity contribution in [1.29, 1.82) is 0 Å². The molecule has 0 aromatic heterocycles. The Labute approximate surface area is 99.2 Å². The van der Waals surface area contributed by atoms with Gasteiger partial charge in [0, 0.05) is 12.0 Å². The van der Waals surface area contributed by atoms with Crippen LogP contribution in [0.1, 0.15) is 35.2 Å². The Balaban J connectivity index is 2.11. The Morgan fingerprint density at radius 1 is 1.29 bits per heavy atom. The Morgan fingerprint density at radius 3 is 2.88 bits per heavy atom. The molecule has 0 spiro atoms. The lowest BCUT2D eigenvalue weighted by Gasteiger charge is -2.17. The molecule has 0 atom stereocenters. The number of fused-ring (bicyclic) bond motifs is 1. The first-order chi connectivity index (χ1) is 8.16. The molecule has 4 heteroatoms. The van der Waals surface area contributed by atoms with Crippen molar-refractivity contribution in [2.45, 2.75) is 25.7 Å². The summed E-state index contributed by atoms with van der Waals surface area (Å²) in [7, 11) is 0. The van der Waals surface area contributed by atoms with Gasteiger partial charge in [0.15, 0.2) is 5.78 Å². The SMILES string of the molecule is O=C(O)CCC(=O)c1ccc2c(c1)CCCO2. The maximum absolute atomic E-state index is 11.7. The molecule has 1 aromatic rings. The molecule has 17 heavy (non-hydrogen) atoms. The molecule has 0 aliphatic carbocycles. The van der Waals surface area contributed by atoms with Crippen molar-refractivity contribution in [3.8, 4) is 5.75 Å². The summed E-state index contributed by atoms with van der Waals surface area (Å²) in [6, 6.07) is 5.31. The van der Waals surface area contributed by atoms with Gasteiger partial charge in [-0.15, -0.1) is 0 Å². The maximum Gasteiger partial charge on any atom is 0.303 e. The zero-order valence-corrected chi connectivity index (χ0v) is 9.44. The number of benzene rings is 1. The predicted molar refractivity (Wildman–Crippen MR) is 61.5 cm³/mol. The molecule has 1 aromatic carbocycles. The summed E-state index contributed by atoms with van der Waals surface area (Å²) in [5.74, 6) is -0.230. The highest BCUT2D eigenvalue weighted by Crippen LogP contribution is 2.26. The van der Waals surface area contributed by atoms with E-state index in [9.17, 15) is 9.59 Å². The minimum Gasteiger partial charge on any atom is -0.493 e. The summed E-state index contributed by atoms with van der Waals surface area (Å²) in [6.45, 7) is 0.722. The predicted octanol–water partition coefficient (Wildman–Crippen LogP) is 2.06. The number of carbonyl (C=O) groups is 2. The fraction of sp³-hybridized carbons (Fsp3) is 0.385. The second-order valence-electron chi connectivity index (χ2n) is 4.09. The van der Waals surface area contributed by atoms with Gasteiger partial charge in [-0.2, -0.15) is 0 Å². The van der Waals surface area contributed by atoms with Crippen molar-refractivity contribution in [2.75, 3.05) is 6.61 Å². The maximum atomic E-state index is 11.7. The van der Waals surface area contributed by atoms with Crippen molar-refractivity contribution >= 4 is 11.8 Å².